The molecule has 0 unspecified atom stereocenters. The molecule has 4 rings (SSSR count). The van der Waals surface area contributed by atoms with Gasteiger partial charge in [-0.1, -0.05) is 78.9 Å². The van der Waals surface area contributed by atoms with Crippen LogP contribution in [0.2, 0.25) is 0 Å². The lowest BCUT2D eigenvalue weighted by Crippen LogP contribution is -2.44. The third-order valence-electron chi connectivity index (χ3n) is 9.32. The second-order valence-electron chi connectivity index (χ2n) is 13.6. The van der Waals surface area contributed by atoms with Crippen LogP contribution in [-0.4, -0.2) is 109 Å². The molecule has 0 spiro atoms. The molecule has 2 saturated heterocycles. The zero-order chi connectivity index (χ0) is 39.7. The lowest BCUT2D eigenvalue weighted by atomic mass is 9.95. The number of rotatable bonds is 22. The zero-order valence-electron chi connectivity index (χ0n) is 32.0. The number of carboxylic acids is 1. The fourth-order valence-electron chi connectivity index (χ4n) is 6.47. The van der Waals surface area contributed by atoms with Gasteiger partial charge in [0.15, 0.2) is 5.78 Å². The van der Waals surface area contributed by atoms with Crippen LogP contribution >= 0.6 is 0 Å². The van der Waals surface area contributed by atoms with E-state index < -0.39 is 5.97 Å². The highest BCUT2D eigenvalue weighted by Crippen LogP contribution is 2.23. The molecule has 2 aliphatic heterocycles. The summed E-state index contributed by atoms with van der Waals surface area (Å²) in [6, 6.07) is 19.4. The zero-order valence-corrected chi connectivity index (χ0v) is 32.0. The van der Waals surface area contributed by atoms with Gasteiger partial charge in [-0.05, 0) is 62.1 Å². The van der Waals surface area contributed by atoms with Crippen LogP contribution in [0, 0.1) is 0 Å². The minimum atomic E-state index is -1.01. The van der Waals surface area contributed by atoms with Gasteiger partial charge in [0.05, 0.1) is 19.8 Å². The number of nitrogens with zero attached hydrogens (tertiary/aromatic N) is 2. The molecule has 2 heterocycles. The number of ether oxygens (including phenoxy) is 3. The molecule has 2 aromatic rings. The maximum Gasteiger partial charge on any atom is 0.331 e. The molecule has 2 fully saturated rings. The second kappa shape index (κ2) is 26.0. The summed E-state index contributed by atoms with van der Waals surface area (Å²) in [5.41, 5.74) is 2.00. The summed E-state index contributed by atoms with van der Waals surface area (Å²) in [5.74, 6) is -0.923. The van der Waals surface area contributed by atoms with Crippen LogP contribution in [0.3, 0.4) is 0 Å². The van der Waals surface area contributed by atoms with Crippen LogP contribution in [0.4, 0.5) is 0 Å². The predicted molar refractivity (Wildman–Crippen MR) is 207 cm³/mol. The number of benzene rings is 2. The average Bonchev–Trinajstić information content (AvgIpc) is 3.18. The number of piperidine rings is 2. The number of carbonyl (C=O) groups is 6. The van der Waals surface area contributed by atoms with Crippen LogP contribution in [0.1, 0.15) is 75.3 Å². The summed E-state index contributed by atoms with van der Waals surface area (Å²) in [6.45, 7) is 1.37. The predicted octanol–water partition coefficient (Wildman–Crippen LogP) is 5.32. The third-order valence-corrected chi connectivity index (χ3v) is 9.32. The molecule has 1 N–H and O–H groups in total. The first-order valence-electron chi connectivity index (χ1n) is 19.1. The van der Waals surface area contributed by atoms with Crippen molar-refractivity contribution < 1.29 is 48.1 Å². The lowest BCUT2D eigenvalue weighted by molar-refractivity contribution is -0.146. The normalized spacial score (nSPS) is 17.3. The molecule has 12 nitrogen and oxygen atoms in total. The first kappa shape index (κ1) is 44.5. The van der Waals surface area contributed by atoms with Gasteiger partial charge in [-0.2, -0.15) is 0 Å². The molecule has 0 bridgehead atoms. The molecule has 2 atom stereocenters. The Bertz CT molecular complexity index is 1560. The number of allylic oxidation sites excluding steroid dienone is 1. The van der Waals surface area contributed by atoms with E-state index in [2.05, 4.69) is 4.74 Å². The minimum Gasteiger partial charge on any atom is -0.480 e. The molecular weight excluding hydrogens is 704 g/mol. The van der Waals surface area contributed by atoms with Crippen LogP contribution in [0.5, 0.6) is 0 Å². The summed E-state index contributed by atoms with van der Waals surface area (Å²) in [5, 5.41) is 8.50. The van der Waals surface area contributed by atoms with Crippen molar-refractivity contribution in [1.82, 2.24) is 9.80 Å². The standard InChI is InChI=1S/C22H31NO5.C21H25NO5/c1-27-22(26)17-28-15-6-5-14-23-19(10-7-11-21(23)25)12-13-20(24)16-18-8-3-2-4-9-18;23-19(15-17-7-2-1-3-8-17)12-11-18-9-6-10-20(24)22(18)13-4-5-14-27-16-21(25)26/h2-4,8-9,19H,5-7,10-17H2,1H3;1-5,7-8,11-12,18H,6,9-10,13-16H2,(H,25,26)/t19-;18-/m11/s1. The van der Waals surface area contributed by atoms with Gasteiger partial charge in [-0.3, -0.25) is 19.2 Å². The van der Waals surface area contributed by atoms with Crippen LogP contribution < -0.4 is 0 Å². The van der Waals surface area contributed by atoms with Gasteiger partial charge in [0.1, 0.15) is 19.0 Å². The molecule has 2 aromatic carbocycles. The lowest BCUT2D eigenvalue weighted by Gasteiger charge is -2.36. The maximum atomic E-state index is 12.3. The van der Waals surface area contributed by atoms with Gasteiger partial charge in [0.25, 0.3) is 0 Å². The summed E-state index contributed by atoms with van der Waals surface area (Å²) >= 11 is 0. The molecule has 2 amide bonds. The Kier molecular flexibility index (Phi) is 21.0. The Morgan fingerprint density at radius 3 is 2.13 bits per heavy atom. The topological polar surface area (TPSA) is 157 Å². The smallest absolute Gasteiger partial charge is 0.331 e. The quantitative estimate of drug-likeness (QED) is 0.0721. The Labute approximate surface area is 324 Å². The van der Waals surface area contributed by atoms with E-state index in [-0.39, 0.29) is 61.3 Å². The number of carboxylic acid groups (broad SMARTS) is 1. The SMILES string of the molecule is COC(=O)COCCCCN1C(=O)CCC[C@@H]1CCC(=O)Cc1ccccc1.O=C(O)COCC=CCN1C(=O)CCC[C@@H]1C=CC(=O)Cc1ccccc1. The highest BCUT2D eigenvalue weighted by atomic mass is 16.6. The van der Waals surface area contributed by atoms with E-state index in [4.69, 9.17) is 14.6 Å². The second-order valence-corrected chi connectivity index (χ2v) is 13.6. The first-order valence-corrected chi connectivity index (χ1v) is 19.1. The van der Waals surface area contributed by atoms with Gasteiger partial charge >= 0.3 is 11.9 Å². The average molecular weight is 761 g/mol. The molecule has 2 aliphatic rings. The molecule has 0 aromatic heterocycles. The summed E-state index contributed by atoms with van der Waals surface area (Å²) < 4.78 is 14.7. The Morgan fingerprint density at radius 1 is 0.800 bits per heavy atom. The van der Waals surface area contributed by atoms with Gasteiger partial charge < -0.3 is 29.1 Å². The number of Topliss-reactive ketones (excluding diaryl/α,β-unsaturated/α-hetero) is 1. The number of esters is 1. The molecule has 0 aliphatic carbocycles. The number of unbranched alkanes of at least 4 members (excludes halogenated alkanes) is 1. The van der Waals surface area contributed by atoms with Crippen molar-refractivity contribution in [1.29, 1.82) is 0 Å². The van der Waals surface area contributed by atoms with Crippen molar-refractivity contribution in [2.45, 2.75) is 89.1 Å². The van der Waals surface area contributed by atoms with Crippen LogP contribution in [-0.2, 0) is 55.8 Å². The maximum absolute atomic E-state index is 12.3. The highest BCUT2D eigenvalue weighted by Gasteiger charge is 2.28. The van der Waals surface area contributed by atoms with Gasteiger partial charge in [0.2, 0.25) is 11.8 Å². The molecule has 55 heavy (non-hydrogen) atoms. The van der Waals surface area contributed by atoms with E-state index in [0.717, 1.165) is 56.1 Å². The first-order chi connectivity index (χ1) is 26.7. The van der Waals surface area contributed by atoms with E-state index in [0.29, 0.717) is 51.8 Å². The minimum absolute atomic E-state index is 0.0109. The van der Waals surface area contributed by atoms with Crippen molar-refractivity contribution in [3.05, 3.63) is 96.1 Å². The largest absolute Gasteiger partial charge is 0.480 e. The highest BCUT2D eigenvalue weighted by molar-refractivity contribution is 5.91. The number of aliphatic carboxylic acids is 1. The Hall–Kier alpha value is -4.94. The van der Waals surface area contributed by atoms with E-state index in [1.165, 1.54) is 7.11 Å². The number of hydrogen-bond donors (Lipinski definition) is 1. The molecule has 298 valence electrons. The van der Waals surface area contributed by atoms with Crippen molar-refractivity contribution in [3.63, 3.8) is 0 Å². The Morgan fingerprint density at radius 2 is 1.45 bits per heavy atom. The number of likely N-dealkylation sites (tertiary alicyclic amines) is 2. The van der Waals surface area contributed by atoms with E-state index >= 15 is 0 Å². The van der Waals surface area contributed by atoms with E-state index in [9.17, 15) is 28.8 Å². The third kappa shape index (κ3) is 18.3. The monoisotopic (exact) mass is 760 g/mol. The fraction of sp³-hybridized carbons (Fsp3) is 0.488. The van der Waals surface area contributed by atoms with Gasteiger partial charge in [0, 0.05) is 57.8 Å². The number of carbonyl (C=O) groups excluding carboxylic acids is 5. The van der Waals surface area contributed by atoms with Gasteiger partial charge in [-0.15, -0.1) is 0 Å². The van der Waals surface area contributed by atoms with E-state index in [1.807, 2.05) is 71.6 Å². The van der Waals surface area contributed by atoms with Crippen LogP contribution in [0.15, 0.2) is 85.0 Å². The van der Waals surface area contributed by atoms with Crippen molar-refractivity contribution >= 4 is 35.3 Å². The molecule has 12 heteroatoms. The van der Waals surface area contributed by atoms with E-state index in [1.54, 1.807) is 23.1 Å². The van der Waals surface area contributed by atoms with Crippen molar-refractivity contribution in [2.24, 2.45) is 0 Å². The van der Waals surface area contributed by atoms with Crippen molar-refractivity contribution in [2.75, 3.05) is 46.6 Å². The number of methoxy groups -OCH3 is 1. The molecular formula is C43H56N2O10. The van der Waals surface area contributed by atoms with Gasteiger partial charge in [-0.25, -0.2) is 9.59 Å². The number of ketones is 2. The molecule has 0 saturated carbocycles. The molecule has 0 radical (unpaired) electrons. The van der Waals surface area contributed by atoms with Crippen LogP contribution in [0.25, 0.3) is 0 Å². The summed E-state index contributed by atoms with van der Waals surface area (Å²) in [6.07, 6.45) is 15.1. The number of amides is 2. The Balaban J connectivity index is 0.000000296. The fourth-order valence-corrected chi connectivity index (χ4v) is 6.47. The summed E-state index contributed by atoms with van der Waals surface area (Å²) in [4.78, 5) is 74.1. The summed E-state index contributed by atoms with van der Waals surface area (Å²) in [7, 11) is 1.33. The van der Waals surface area contributed by atoms with Crippen molar-refractivity contribution in [3.8, 4) is 0 Å². The number of hydrogen-bond acceptors (Lipinski definition) is 9.